The summed E-state index contributed by atoms with van der Waals surface area (Å²) in [6.07, 6.45) is 4.52. The summed E-state index contributed by atoms with van der Waals surface area (Å²) in [6, 6.07) is 6.36. The predicted molar refractivity (Wildman–Crippen MR) is 80.6 cm³/mol. The maximum atomic E-state index is 11.9. The van der Waals surface area contributed by atoms with Gasteiger partial charge < -0.3 is 10.4 Å². The Morgan fingerprint density at radius 2 is 2.10 bits per heavy atom. The summed E-state index contributed by atoms with van der Waals surface area (Å²) in [5, 5.41) is 12.3. The van der Waals surface area contributed by atoms with Crippen LogP contribution >= 0.6 is 0 Å². The van der Waals surface area contributed by atoms with E-state index < -0.39 is 0 Å². The molecule has 1 fully saturated rings. The highest BCUT2D eigenvalue weighted by molar-refractivity contribution is 5.76. The lowest BCUT2D eigenvalue weighted by atomic mass is 9.69. The molecule has 0 atom stereocenters. The molecule has 0 aromatic heterocycles. The van der Waals surface area contributed by atoms with Crippen molar-refractivity contribution in [2.75, 3.05) is 13.2 Å². The van der Waals surface area contributed by atoms with Crippen molar-refractivity contribution in [2.24, 2.45) is 5.41 Å². The molecule has 0 radical (unpaired) electrons. The summed E-state index contributed by atoms with van der Waals surface area (Å²) in [5.41, 5.74) is 3.72. The summed E-state index contributed by atoms with van der Waals surface area (Å²) in [4.78, 5) is 11.9. The van der Waals surface area contributed by atoms with Gasteiger partial charge in [-0.1, -0.05) is 30.2 Å². The number of nitrogens with one attached hydrogen (secondary N) is 1. The van der Waals surface area contributed by atoms with Crippen molar-refractivity contribution in [3.8, 4) is 0 Å². The van der Waals surface area contributed by atoms with E-state index in [4.69, 9.17) is 0 Å². The molecule has 0 aliphatic heterocycles. The Labute approximate surface area is 121 Å². The van der Waals surface area contributed by atoms with Gasteiger partial charge in [-0.15, -0.1) is 0 Å². The lowest BCUT2D eigenvalue weighted by molar-refractivity contribution is -0.122. The predicted octanol–water partition coefficient (Wildman–Crippen LogP) is 2.51. The number of carbonyl (C=O) groups excluding carboxylic acids is 1. The summed E-state index contributed by atoms with van der Waals surface area (Å²) < 4.78 is 0. The van der Waals surface area contributed by atoms with Gasteiger partial charge in [0.2, 0.25) is 5.91 Å². The number of aliphatic hydroxyl groups excluding tert-OH is 1. The molecule has 3 nitrogen and oxygen atoms in total. The Hall–Kier alpha value is -1.35. The average Bonchev–Trinajstić information content (AvgIpc) is 2.37. The molecule has 0 saturated heterocycles. The normalized spacial score (nSPS) is 16.6. The molecule has 1 aliphatic rings. The maximum Gasteiger partial charge on any atom is 0.220 e. The van der Waals surface area contributed by atoms with Gasteiger partial charge >= 0.3 is 0 Å². The highest BCUT2D eigenvalue weighted by Crippen LogP contribution is 2.39. The van der Waals surface area contributed by atoms with Crippen molar-refractivity contribution in [3.63, 3.8) is 0 Å². The first-order valence-electron chi connectivity index (χ1n) is 7.48. The number of rotatable bonds is 6. The molecule has 0 heterocycles. The topological polar surface area (TPSA) is 49.3 Å². The highest BCUT2D eigenvalue weighted by atomic mass is 16.3. The molecule has 1 amide bonds. The van der Waals surface area contributed by atoms with Gasteiger partial charge in [-0.3, -0.25) is 4.79 Å². The van der Waals surface area contributed by atoms with Crippen LogP contribution in [-0.4, -0.2) is 24.2 Å². The number of aryl methyl sites for hydroxylation is 3. The fourth-order valence-corrected chi connectivity index (χ4v) is 2.82. The zero-order valence-corrected chi connectivity index (χ0v) is 12.5. The third-order valence-electron chi connectivity index (χ3n) is 4.53. The molecule has 1 aromatic rings. The molecule has 20 heavy (non-hydrogen) atoms. The monoisotopic (exact) mass is 275 g/mol. The van der Waals surface area contributed by atoms with Crippen molar-refractivity contribution >= 4 is 5.91 Å². The molecule has 1 aromatic carbocycles. The first kappa shape index (κ1) is 15.0. The molecule has 2 N–H and O–H groups in total. The van der Waals surface area contributed by atoms with Gasteiger partial charge in [-0.05, 0) is 44.2 Å². The molecule has 2 rings (SSSR count). The second-order valence-electron chi connectivity index (χ2n) is 6.22. The van der Waals surface area contributed by atoms with E-state index >= 15 is 0 Å². The fraction of sp³-hybridized carbons (Fsp3) is 0.588. The van der Waals surface area contributed by atoms with E-state index in [0.29, 0.717) is 13.0 Å². The van der Waals surface area contributed by atoms with Crippen LogP contribution < -0.4 is 5.32 Å². The van der Waals surface area contributed by atoms with Gasteiger partial charge in [-0.2, -0.15) is 0 Å². The summed E-state index contributed by atoms with van der Waals surface area (Å²) in [6.45, 7) is 4.98. The Bertz CT molecular complexity index is 472. The minimum absolute atomic E-state index is 0.0323. The second kappa shape index (κ2) is 6.40. The third-order valence-corrected chi connectivity index (χ3v) is 4.53. The summed E-state index contributed by atoms with van der Waals surface area (Å²) >= 11 is 0. The zero-order valence-electron chi connectivity index (χ0n) is 12.5. The number of carbonyl (C=O) groups is 1. The fourth-order valence-electron chi connectivity index (χ4n) is 2.82. The van der Waals surface area contributed by atoms with Crippen LogP contribution in [0.25, 0.3) is 0 Å². The standard InChI is InChI=1S/C17H25NO2/c1-13-4-5-15(14(2)10-13)6-7-16(20)18-11-17(12-19)8-3-9-17/h4-5,10,19H,3,6-9,11-12H2,1-2H3,(H,18,20). The minimum Gasteiger partial charge on any atom is -0.396 e. The molecule has 3 heteroatoms. The van der Waals surface area contributed by atoms with Gasteiger partial charge in [-0.25, -0.2) is 0 Å². The Balaban J connectivity index is 1.77. The van der Waals surface area contributed by atoms with E-state index in [1.807, 2.05) is 0 Å². The van der Waals surface area contributed by atoms with Gasteiger partial charge in [0, 0.05) is 18.4 Å². The van der Waals surface area contributed by atoms with E-state index in [0.717, 1.165) is 19.3 Å². The van der Waals surface area contributed by atoms with Crippen molar-refractivity contribution in [3.05, 3.63) is 34.9 Å². The second-order valence-corrected chi connectivity index (χ2v) is 6.22. The maximum absolute atomic E-state index is 11.9. The first-order chi connectivity index (χ1) is 9.54. The number of aliphatic hydroxyl groups is 1. The lowest BCUT2D eigenvalue weighted by Crippen LogP contribution is -2.44. The van der Waals surface area contributed by atoms with Gasteiger partial charge in [0.05, 0.1) is 6.61 Å². The van der Waals surface area contributed by atoms with Gasteiger partial charge in [0.25, 0.3) is 0 Å². The molecule has 0 bridgehead atoms. The minimum atomic E-state index is -0.0323. The van der Waals surface area contributed by atoms with Crippen LogP contribution in [-0.2, 0) is 11.2 Å². The van der Waals surface area contributed by atoms with Crippen LogP contribution in [0, 0.1) is 19.3 Å². The zero-order chi connectivity index (χ0) is 14.6. The van der Waals surface area contributed by atoms with Crippen LogP contribution in [0.15, 0.2) is 18.2 Å². The van der Waals surface area contributed by atoms with E-state index in [1.165, 1.54) is 23.1 Å². The summed E-state index contributed by atoms with van der Waals surface area (Å²) in [7, 11) is 0. The van der Waals surface area contributed by atoms with Crippen LogP contribution in [0.5, 0.6) is 0 Å². The molecular formula is C17H25NO2. The molecule has 1 saturated carbocycles. The SMILES string of the molecule is Cc1ccc(CCC(=O)NCC2(CO)CCC2)c(C)c1. The molecule has 1 aliphatic carbocycles. The largest absolute Gasteiger partial charge is 0.396 e. The molecule has 110 valence electrons. The van der Waals surface area contributed by atoms with Crippen molar-refractivity contribution in [2.45, 2.75) is 46.0 Å². The first-order valence-corrected chi connectivity index (χ1v) is 7.48. The van der Waals surface area contributed by atoms with Gasteiger partial charge in [0.1, 0.15) is 0 Å². The quantitative estimate of drug-likeness (QED) is 0.838. The highest BCUT2D eigenvalue weighted by Gasteiger charge is 2.36. The van der Waals surface area contributed by atoms with Gasteiger partial charge in [0.15, 0.2) is 0 Å². The summed E-state index contributed by atoms with van der Waals surface area (Å²) in [5.74, 6) is 0.0877. The van der Waals surface area contributed by atoms with Crippen molar-refractivity contribution in [1.82, 2.24) is 5.32 Å². The van der Waals surface area contributed by atoms with Crippen LogP contribution in [0.2, 0.25) is 0 Å². The number of hydrogen-bond acceptors (Lipinski definition) is 2. The van der Waals surface area contributed by atoms with Crippen LogP contribution in [0.3, 0.4) is 0 Å². The molecular weight excluding hydrogens is 250 g/mol. The van der Waals surface area contributed by atoms with Crippen LogP contribution in [0.1, 0.15) is 42.4 Å². The van der Waals surface area contributed by atoms with E-state index in [9.17, 15) is 9.90 Å². The average molecular weight is 275 g/mol. The van der Waals surface area contributed by atoms with Crippen molar-refractivity contribution in [1.29, 1.82) is 0 Å². The molecule has 0 unspecified atom stereocenters. The van der Waals surface area contributed by atoms with Crippen LogP contribution in [0.4, 0.5) is 0 Å². The van der Waals surface area contributed by atoms with E-state index in [-0.39, 0.29) is 17.9 Å². The molecule has 0 spiro atoms. The number of benzene rings is 1. The van der Waals surface area contributed by atoms with E-state index in [2.05, 4.69) is 37.4 Å². The number of hydrogen-bond donors (Lipinski definition) is 2. The lowest BCUT2D eigenvalue weighted by Gasteiger charge is -2.40. The Kier molecular flexibility index (Phi) is 4.81. The van der Waals surface area contributed by atoms with Crippen molar-refractivity contribution < 1.29 is 9.90 Å². The smallest absolute Gasteiger partial charge is 0.220 e. The van der Waals surface area contributed by atoms with E-state index in [1.54, 1.807) is 0 Å². The Morgan fingerprint density at radius 3 is 2.65 bits per heavy atom. The Morgan fingerprint density at radius 1 is 1.35 bits per heavy atom. The number of amides is 1. The third kappa shape index (κ3) is 3.60.